The predicted molar refractivity (Wildman–Crippen MR) is 137 cm³/mol. The van der Waals surface area contributed by atoms with E-state index >= 15 is 0 Å². The fourth-order valence-corrected chi connectivity index (χ4v) is 4.38. The van der Waals surface area contributed by atoms with Crippen molar-refractivity contribution in [3.05, 3.63) is 66.4 Å². The fraction of sp³-hybridized carbons (Fsp3) is 0.370. The second-order valence-corrected chi connectivity index (χ2v) is 9.24. The minimum absolute atomic E-state index is 0.0673. The van der Waals surface area contributed by atoms with Gasteiger partial charge in [-0.05, 0) is 60.8 Å². The third-order valence-electron chi connectivity index (χ3n) is 6.50. The molecule has 7 heteroatoms. The quantitative estimate of drug-likeness (QED) is 0.481. The molecule has 7 nitrogen and oxygen atoms in total. The largest absolute Gasteiger partial charge is 0.383 e. The summed E-state index contributed by atoms with van der Waals surface area (Å²) in [6, 6.07) is 17.3. The Hall–Kier alpha value is -3.45. The number of nitrogens with zero attached hydrogens (tertiary/aromatic N) is 2. The van der Waals surface area contributed by atoms with E-state index in [0.717, 1.165) is 16.6 Å². The summed E-state index contributed by atoms with van der Waals surface area (Å²) in [6.45, 7) is 6.25. The summed E-state index contributed by atoms with van der Waals surface area (Å²) in [4.78, 5) is 32.7. The molecule has 3 N–H and O–H groups in total. The maximum absolute atomic E-state index is 13.8. The Morgan fingerprint density at radius 1 is 1.06 bits per heavy atom. The van der Waals surface area contributed by atoms with Crippen molar-refractivity contribution >= 4 is 34.1 Å². The van der Waals surface area contributed by atoms with Crippen LogP contribution in [-0.4, -0.2) is 48.5 Å². The molecule has 1 aromatic heterocycles. The lowest BCUT2D eigenvalue weighted by atomic mass is 10.0. The van der Waals surface area contributed by atoms with Crippen LogP contribution in [0.2, 0.25) is 0 Å². The van der Waals surface area contributed by atoms with Crippen molar-refractivity contribution in [1.82, 2.24) is 15.6 Å². The maximum atomic E-state index is 13.8. The van der Waals surface area contributed by atoms with Crippen LogP contribution in [0.1, 0.15) is 26.3 Å². The molecule has 0 saturated carbocycles. The van der Waals surface area contributed by atoms with Crippen molar-refractivity contribution in [2.24, 2.45) is 5.92 Å². The van der Waals surface area contributed by atoms with Crippen LogP contribution in [0, 0.1) is 5.92 Å². The van der Waals surface area contributed by atoms with E-state index < -0.39 is 6.04 Å². The Labute approximate surface area is 200 Å². The summed E-state index contributed by atoms with van der Waals surface area (Å²) in [6.07, 6.45) is 2.42. The van der Waals surface area contributed by atoms with Crippen LogP contribution in [0.25, 0.3) is 10.8 Å². The lowest BCUT2D eigenvalue weighted by Gasteiger charge is -2.31. The van der Waals surface area contributed by atoms with E-state index in [1.807, 2.05) is 38.1 Å². The number of likely N-dealkylation sites (N-methyl/N-ethyl adjacent to an activating group) is 1. The predicted octanol–water partition coefficient (Wildman–Crippen LogP) is 3.35. The van der Waals surface area contributed by atoms with E-state index in [1.54, 1.807) is 25.1 Å². The third kappa shape index (κ3) is 4.89. The molecule has 1 aliphatic heterocycles. The Kier molecular flexibility index (Phi) is 7.12. The zero-order valence-corrected chi connectivity index (χ0v) is 20.2. The summed E-state index contributed by atoms with van der Waals surface area (Å²) in [7, 11) is 1.73. The maximum Gasteiger partial charge on any atom is 0.251 e. The monoisotopic (exact) mass is 459 g/mol. The highest BCUT2D eigenvalue weighted by Gasteiger charge is 2.39. The van der Waals surface area contributed by atoms with Gasteiger partial charge in [0, 0.05) is 18.4 Å². The van der Waals surface area contributed by atoms with Crippen LogP contribution in [0.5, 0.6) is 0 Å². The average molecular weight is 460 g/mol. The van der Waals surface area contributed by atoms with Gasteiger partial charge >= 0.3 is 0 Å². The van der Waals surface area contributed by atoms with Crippen molar-refractivity contribution in [2.75, 3.05) is 23.8 Å². The Balaban J connectivity index is 1.56. The first kappa shape index (κ1) is 23.7. The number of fused-ring (bicyclic) bond motifs is 2. The number of hydrogen-bond donors (Lipinski definition) is 3. The van der Waals surface area contributed by atoms with Crippen LogP contribution in [0.15, 0.2) is 60.8 Å². The molecule has 178 valence electrons. The van der Waals surface area contributed by atoms with Gasteiger partial charge in [0.2, 0.25) is 5.91 Å². The van der Waals surface area contributed by atoms with Gasteiger partial charge in [-0.25, -0.2) is 4.98 Å². The van der Waals surface area contributed by atoms with Crippen molar-refractivity contribution in [3.63, 3.8) is 0 Å². The zero-order chi connectivity index (χ0) is 24.2. The molecule has 0 aliphatic carbocycles. The van der Waals surface area contributed by atoms with Gasteiger partial charge in [0.1, 0.15) is 11.9 Å². The Bertz CT molecular complexity index is 1180. The van der Waals surface area contributed by atoms with Gasteiger partial charge in [-0.15, -0.1) is 0 Å². The number of nitrogens with one attached hydrogen (secondary N) is 3. The van der Waals surface area contributed by atoms with Crippen LogP contribution in [-0.2, 0) is 16.0 Å². The van der Waals surface area contributed by atoms with Crippen molar-refractivity contribution in [2.45, 2.75) is 45.3 Å². The number of anilines is 2. The lowest BCUT2D eigenvalue weighted by molar-refractivity contribution is -0.129. The first-order valence-electron chi connectivity index (χ1n) is 11.9. The SMILES string of the molecule is CNC(C)C(=O)N[C@H](C(=O)N1c2ncccc2CC1CNc1ccc2ccccc2c1)C(C)C. The number of carbonyl (C=O) groups excluding carboxylic acids is 2. The molecule has 0 radical (unpaired) electrons. The molecule has 2 aromatic carbocycles. The van der Waals surface area contributed by atoms with Crippen molar-refractivity contribution in [3.8, 4) is 0 Å². The second kappa shape index (κ2) is 10.2. The van der Waals surface area contributed by atoms with E-state index in [4.69, 9.17) is 0 Å². The molecule has 2 unspecified atom stereocenters. The van der Waals surface area contributed by atoms with E-state index in [1.165, 1.54) is 5.39 Å². The number of hydrogen-bond acceptors (Lipinski definition) is 5. The molecule has 34 heavy (non-hydrogen) atoms. The van der Waals surface area contributed by atoms with Gasteiger partial charge in [-0.3, -0.25) is 14.5 Å². The summed E-state index contributed by atoms with van der Waals surface area (Å²) in [5, 5.41) is 11.8. The second-order valence-electron chi connectivity index (χ2n) is 9.24. The Morgan fingerprint density at radius 3 is 2.56 bits per heavy atom. The minimum Gasteiger partial charge on any atom is -0.383 e. The number of pyridine rings is 1. The summed E-state index contributed by atoms with van der Waals surface area (Å²) in [5.74, 6) is 0.289. The molecule has 2 heterocycles. The number of rotatable bonds is 8. The number of aromatic nitrogens is 1. The van der Waals surface area contributed by atoms with Crippen LogP contribution < -0.4 is 20.9 Å². The normalized spacial score (nSPS) is 16.9. The van der Waals surface area contributed by atoms with Crippen LogP contribution in [0.3, 0.4) is 0 Å². The third-order valence-corrected chi connectivity index (χ3v) is 6.50. The molecule has 0 bridgehead atoms. The summed E-state index contributed by atoms with van der Waals surface area (Å²) in [5.41, 5.74) is 2.05. The number of benzene rings is 2. The molecule has 2 amide bonds. The average Bonchev–Trinajstić information content (AvgIpc) is 3.23. The highest BCUT2D eigenvalue weighted by atomic mass is 16.2. The highest BCUT2D eigenvalue weighted by Crippen LogP contribution is 2.31. The molecule has 4 rings (SSSR count). The van der Waals surface area contributed by atoms with E-state index in [9.17, 15) is 9.59 Å². The molecular formula is C27H33N5O2. The molecule has 0 spiro atoms. The van der Waals surface area contributed by atoms with Gasteiger partial charge in [-0.2, -0.15) is 0 Å². The smallest absolute Gasteiger partial charge is 0.251 e. The summed E-state index contributed by atoms with van der Waals surface area (Å²) >= 11 is 0. The van der Waals surface area contributed by atoms with Gasteiger partial charge in [0.15, 0.2) is 0 Å². The lowest BCUT2D eigenvalue weighted by Crippen LogP contribution is -2.57. The van der Waals surface area contributed by atoms with Crippen molar-refractivity contribution < 1.29 is 9.59 Å². The first-order chi connectivity index (χ1) is 16.4. The molecule has 0 fully saturated rings. The van der Waals surface area contributed by atoms with Gasteiger partial charge < -0.3 is 16.0 Å². The van der Waals surface area contributed by atoms with E-state index in [-0.39, 0.29) is 29.8 Å². The van der Waals surface area contributed by atoms with E-state index in [2.05, 4.69) is 51.3 Å². The molecule has 0 saturated heterocycles. The highest BCUT2D eigenvalue weighted by molar-refractivity contribution is 6.01. The van der Waals surface area contributed by atoms with Crippen LogP contribution >= 0.6 is 0 Å². The van der Waals surface area contributed by atoms with Crippen molar-refractivity contribution in [1.29, 1.82) is 0 Å². The first-order valence-corrected chi connectivity index (χ1v) is 11.9. The van der Waals surface area contributed by atoms with Gasteiger partial charge in [-0.1, -0.05) is 50.2 Å². The van der Waals surface area contributed by atoms with Gasteiger partial charge in [0.25, 0.3) is 5.91 Å². The standard InChI is InChI=1S/C27H33N5O2/c1-17(2)24(31-26(33)18(3)28-4)27(34)32-23(15-21-10-7-13-29-25(21)32)16-30-22-12-11-19-8-5-6-9-20(19)14-22/h5-14,17-18,23-24,28,30H,15-16H2,1-4H3,(H,31,33)/t18?,23?,24-/m0/s1. The van der Waals surface area contributed by atoms with Crippen LogP contribution in [0.4, 0.5) is 11.5 Å². The van der Waals surface area contributed by atoms with E-state index in [0.29, 0.717) is 18.8 Å². The minimum atomic E-state index is -0.639. The Morgan fingerprint density at radius 2 is 1.82 bits per heavy atom. The topological polar surface area (TPSA) is 86.4 Å². The summed E-state index contributed by atoms with van der Waals surface area (Å²) < 4.78 is 0. The van der Waals surface area contributed by atoms with Gasteiger partial charge in [0.05, 0.1) is 12.1 Å². The molecular weight excluding hydrogens is 426 g/mol. The fourth-order valence-electron chi connectivity index (χ4n) is 4.38. The number of carbonyl (C=O) groups is 2. The zero-order valence-electron chi connectivity index (χ0n) is 20.2. The molecule has 3 aromatic rings. The number of amides is 2. The molecule has 1 aliphatic rings. The molecule has 3 atom stereocenters.